The van der Waals surface area contributed by atoms with E-state index in [-0.39, 0.29) is 11.7 Å². The molecule has 1 aliphatic heterocycles. The molecule has 0 N–H and O–H groups in total. The van der Waals surface area contributed by atoms with Crippen molar-refractivity contribution in [1.29, 1.82) is 0 Å². The molecule has 4 heteroatoms. The second-order valence-corrected chi connectivity index (χ2v) is 7.43. The Morgan fingerprint density at radius 3 is 2.52 bits per heavy atom. The van der Waals surface area contributed by atoms with E-state index in [1.54, 1.807) is 7.11 Å². The first-order chi connectivity index (χ1) is 12.0. The Hall–Kier alpha value is -1.81. The predicted molar refractivity (Wildman–Crippen MR) is 103 cm³/mol. The summed E-state index contributed by atoms with van der Waals surface area (Å²) >= 11 is 0. The van der Waals surface area contributed by atoms with Crippen molar-refractivity contribution in [3.05, 3.63) is 29.0 Å². The predicted octanol–water partition coefficient (Wildman–Crippen LogP) is 4.11. The molecule has 3 rings (SSSR count). The number of Topliss-reactive ketones (excluding diaryl/α,β-unsaturated/α-hetero) is 1. The van der Waals surface area contributed by atoms with Gasteiger partial charge in [0.25, 0.3) is 0 Å². The third kappa shape index (κ3) is 3.20. The highest BCUT2D eigenvalue weighted by atomic mass is 16.5. The standard InChI is InChI=1S/C21H30N2O2/c1-14(13-23-11-7-6-8-12-23)21(24)17-9-10-18(25-5)20-19(17)15(2)16(3)22(20)4/h9-10,14H,6-8,11-13H2,1-5H3. The van der Waals surface area contributed by atoms with E-state index in [4.69, 9.17) is 4.74 Å². The number of hydrogen-bond donors (Lipinski definition) is 0. The fourth-order valence-corrected chi connectivity index (χ4v) is 4.13. The van der Waals surface area contributed by atoms with E-state index >= 15 is 0 Å². The minimum atomic E-state index is 0.00890. The fraction of sp³-hybridized carbons (Fsp3) is 0.571. The molecule has 0 bridgehead atoms. The van der Waals surface area contributed by atoms with Crippen LogP contribution < -0.4 is 4.74 Å². The van der Waals surface area contributed by atoms with Crippen LogP contribution in [-0.2, 0) is 7.05 Å². The summed E-state index contributed by atoms with van der Waals surface area (Å²) < 4.78 is 7.69. The topological polar surface area (TPSA) is 34.5 Å². The normalized spacial score (nSPS) is 17.0. The van der Waals surface area contributed by atoms with E-state index in [0.717, 1.165) is 41.9 Å². The van der Waals surface area contributed by atoms with Gasteiger partial charge < -0.3 is 14.2 Å². The summed E-state index contributed by atoms with van der Waals surface area (Å²) in [6.07, 6.45) is 3.83. The van der Waals surface area contributed by atoms with Gasteiger partial charge in [0.1, 0.15) is 5.75 Å². The molecular weight excluding hydrogens is 312 g/mol. The molecule has 1 aromatic heterocycles. The number of carbonyl (C=O) groups is 1. The quantitative estimate of drug-likeness (QED) is 0.767. The first-order valence-electron chi connectivity index (χ1n) is 9.34. The molecule has 2 aromatic rings. The number of ketones is 1. The van der Waals surface area contributed by atoms with E-state index in [1.807, 2.05) is 19.2 Å². The zero-order chi connectivity index (χ0) is 18.1. The molecule has 1 aromatic carbocycles. The second-order valence-electron chi connectivity index (χ2n) is 7.43. The summed E-state index contributed by atoms with van der Waals surface area (Å²) in [5, 5.41) is 1.05. The number of rotatable bonds is 5. The molecule has 1 aliphatic rings. The highest BCUT2D eigenvalue weighted by Gasteiger charge is 2.25. The van der Waals surface area contributed by atoms with E-state index in [9.17, 15) is 4.79 Å². The molecule has 0 radical (unpaired) electrons. The summed E-state index contributed by atoms with van der Waals surface area (Å²) in [6.45, 7) is 9.37. The maximum absolute atomic E-state index is 13.2. The van der Waals surface area contributed by atoms with Crippen molar-refractivity contribution in [3.8, 4) is 5.75 Å². The Morgan fingerprint density at radius 2 is 1.88 bits per heavy atom. The van der Waals surface area contributed by atoms with Crippen molar-refractivity contribution in [1.82, 2.24) is 9.47 Å². The Labute approximate surface area is 150 Å². The van der Waals surface area contributed by atoms with Crippen molar-refractivity contribution in [2.24, 2.45) is 13.0 Å². The molecule has 4 nitrogen and oxygen atoms in total. The van der Waals surface area contributed by atoms with Gasteiger partial charge in [0.2, 0.25) is 0 Å². The van der Waals surface area contributed by atoms with Crippen LogP contribution in [0, 0.1) is 19.8 Å². The van der Waals surface area contributed by atoms with Crippen LogP contribution in [0.2, 0.25) is 0 Å². The van der Waals surface area contributed by atoms with Crippen molar-refractivity contribution >= 4 is 16.7 Å². The number of nitrogens with zero attached hydrogens (tertiary/aromatic N) is 2. The number of aryl methyl sites for hydroxylation is 2. The van der Waals surface area contributed by atoms with Crippen LogP contribution in [-0.4, -0.2) is 42.0 Å². The summed E-state index contributed by atoms with van der Waals surface area (Å²) in [5.41, 5.74) is 4.21. The number of methoxy groups -OCH3 is 1. The van der Waals surface area contributed by atoms with E-state index in [1.165, 1.54) is 30.5 Å². The van der Waals surface area contributed by atoms with Gasteiger partial charge in [-0.2, -0.15) is 0 Å². The third-order valence-corrected chi connectivity index (χ3v) is 5.81. The zero-order valence-corrected chi connectivity index (χ0v) is 16.2. The average Bonchev–Trinajstić information content (AvgIpc) is 2.86. The Kier molecular flexibility index (Phi) is 5.19. The molecule has 0 spiro atoms. The van der Waals surface area contributed by atoms with E-state index < -0.39 is 0 Å². The Morgan fingerprint density at radius 1 is 1.20 bits per heavy atom. The smallest absolute Gasteiger partial charge is 0.167 e. The van der Waals surface area contributed by atoms with Gasteiger partial charge in [-0.15, -0.1) is 0 Å². The third-order valence-electron chi connectivity index (χ3n) is 5.81. The molecule has 0 saturated carbocycles. The lowest BCUT2D eigenvalue weighted by Gasteiger charge is -2.28. The minimum Gasteiger partial charge on any atom is -0.495 e. The van der Waals surface area contributed by atoms with Gasteiger partial charge in [0.15, 0.2) is 5.78 Å². The SMILES string of the molecule is COc1ccc(C(=O)C(C)CN2CCCCC2)c2c(C)c(C)n(C)c12. The van der Waals surface area contributed by atoms with Crippen LogP contribution in [0.25, 0.3) is 10.9 Å². The lowest BCUT2D eigenvalue weighted by Crippen LogP contribution is -2.35. The number of carbonyl (C=O) groups excluding carboxylic acids is 1. The van der Waals surface area contributed by atoms with Gasteiger partial charge in [-0.05, 0) is 57.5 Å². The van der Waals surface area contributed by atoms with Crippen molar-refractivity contribution in [2.45, 2.75) is 40.0 Å². The largest absolute Gasteiger partial charge is 0.495 e. The highest BCUT2D eigenvalue weighted by Crippen LogP contribution is 2.35. The van der Waals surface area contributed by atoms with Gasteiger partial charge in [-0.3, -0.25) is 4.79 Å². The summed E-state index contributed by atoms with van der Waals surface area (Å²) in [5.74, 6) is 1.08. The molecule has 0 amide bonds. The van der Waals surface area contributed by atoms with Gasteiger partial charge in [-0.25, -0.2) is 0 Å². The van der Waals surface area contributed by atoms with Crippen molar-refractivity contribution in [3.63, 3.8) is 0 Å². The van der Waals surface area contributed by atoms with Crippen LogP contribution >= 0.6 is 0 Å². The van der Waals surface area contributed by atoms with Crippen LogP contribution in [0.4, 0.5) is 0 Å². The molecule has 2 heterocycles. The molecular formula is C21H30N2O2. The fourth-order valence-electron chi connectivity index (χ4n) is 4.13. The number of benzene rings is 1. The zero-order valence-electron chi connectivity index (χ0n) is 16.2. The highest BCUT2D eigenvalue weighted by molar-refractivity contribution is 6.11. The maximum Gasteiger partial charge on any atom is 0.167 e. The number of ether oxygens (including phenoxy) is 1. The van der Waals surface area contributed by atoms with Crippen LogP contribution in [0.1, 0.15) is 47.8 Å². The number of hydrogen-bond acceptors (Lipinski definition) is 3. The Balaban J connectivity index is 1.97. The monoisotopic (exact) mass is 342 g/mol. The van der Waals surface area contributed by atoms with Gasteiger partial charge in [0, 0.05) is 36.2 Å². The van der Waals surface area contributed by atoms with Crippen molar-refractivity contribution < 1.29 is 9.53 Å². The number of fused-ring (bicyclic) bond motifs is 1. The number of piperidine rings is 1. The van der Waals surface area contributed by atoms with E-state index in [0.29, 0.717) is 0 Å². The molecule has 1 unspecified atom stereocenters. The molecule has 1 atom stereocenters. The Bertz CT molecular complexity index is 785. The first-order valence-corrected chi connectivity index (χ1v) is 9.34. The molecule has 1 saturated heterocycles. The summed E-state index contributed by atoms with van der Waals surface area (Å²) in [7, 11) is 3.73. The average molecular weight is 342 g/mol. The van der Waals surface area contributed by atoms with Gasteiger partial charge in [0.05, 0.1) is 12.6 Å². The molecule has 1 fully saturated rings. The number of aromatic nitrogens is 1. The first kappa shape index (κ1) is 18.0. The van der Waals surface area contributed by atoms with E-state index in [2.05, 4.69) is 30.2 Å². The number of likely N-dealkylation sites (tertiary alicyclic amines) is 1. The summed E-state index contributed by atoms with van der Waals surface area (Å²) in [4.78, 5) is 15.7. The molecule has 0 aliphatic carbocycles. The minimum absolute atomic E-state index is 0.00890. The van der Waals surface area contributed by atoms with Crippen molar-refractivity contribution in [2.75, 3.05) is 26.7 Å². The van der Waals surface area contributed by atoms with Gasteiger partial charge in [-0.1, -0.05) is 13.3 Å². The second kappa shape index (κ2) is 7.20. The summed E-state index contributed by atoms with van der Waals surface area (Å²) in [6, 6.07) is 3.88. The van der Waals surface area contributed by atoms with Crippen LogP contribution in [0.3, 0.4) is 0 Å². The van der Waals surface area contributed by atoms with Gasteiger partial charge >= 0.3 is 0 Å². The lowest BCUT2D eigenvalue weighted by atomic mass is 9.93. The maximum atomic E-state index is 13.2. The lowest BCUT2D eigenvalue weighted by molar-refractivity contribution is 0.0885. The van der Waals surface area contributed by atoms with Crippen LogP contribution in [0.15, 0.2) is 12.1 Å². The van der Waals surface area contributed by atoms with Crippen LogP contribution in [0.5, 0.6) is 5.75 Å². The molecule has 136 valence electrons. The molecule has 25 heavy (non-hydrogen) atoms.